The van der Waals surface area contributed by atoms with E-state index in [9.17, 15) is 19.1 Å². The summed E-state index contributed by atoms with van der Waals surface area (Å²) in [7, 11) is 0. The standard InChI is InChI=1S/C28H26FN7O3/c1-18-23(14-31-33-18)19-4-8-22(9-5-19)36-25-24(15-32-36)27(38)35(17-30-25)16-28(39)10-12-34(13-11-28)26(37)20-2-6-21(29)7-3-20/h2-9,14-15,17,39H,10-13,16H2,1H3,(H,31,33). The second kappa shape index (κ2) is 9.59. The summed E-state index contributed by atoms with van der Waals surface area (Å²) >= 11 is 0. The Labute approximate surface area is 222 Å². The second-order valence-corrected chi connectivity index (χ2v) is 9.95. The van der Waals surface area contributed by atoms with Crippen molar-refractivity contribution in [1.82, 2.24) is 34.4 Å². The highest BCUT2D eigenvalue weighted by molar-refractivity contribution is 5.94. The topological polar surface area (TPSA) is 122 Å². The van der Waals surface area contributed by atoms with E-state index in [1.165, 1.54) is 41.4 Å². The fourth-order valence-electron chi connectivity index (χ4n) is 5.05. The Hall–Kier alpha value is -4.64. The Morgan fingerprint density at radius 1 is 1.08 bits per heavy atom. The van der Waals surface area contributed by atoms with Gasteiger partial charge in [-0.25, -0.2) is 14.1 Å². The summed E-state index contributed by atoms with van der Waals surface area (Å²) in [5, 5.41) is 23.0. The summed E-state index contributed by atoms with van der Waals surface area (Å²) in [4.78, 5) is 32.1. The minimum atomic E-state index is -1.17. The van der Waals surface area contributed by atoms with Crippen molar-refractivity contribution in [1.29, 1.82) is 0 Å². The number of nitrogens with zero attached hydrogens (tertiary/aromatic N) is 6. The van der Waals surface area contributed by atoms with Crippen molar-refractivity contribution in [3.05, 3.63) is 94.7 Å². The molecule has 10 nitrogen and oxygen atoms in total. The Kier molecular flexibility index (Phi) is 6.07. The van der Waals surface area contributed by atoms with Gasteiger partial charge in [-0.1, -0.05) is 12.1 Å². The van der Waals surface area contributed by atoms with Gasteiger partial charge in [-0.05, 0) is 61.7 Å². The fourth-order valence-corrected chi connectivity index (χ4v) is 5.05. The predicted molar refractivity (Wildman–Crippen MR) is 142 cm³/mol. The Morgan fingerprint density at radius 2 is 1.79 bits per heavy atom. The predicted octanol–water partition coefficient (Wildman–Crippen LogP) is 3.09. The van der Waals surface area contributed by atoms with Crippen LogP contribution in [0.25, 0.3) is 27.8 Å². The van der Waals surface area contributed by atoms with Crippen LogP contribution in [0.15, 0.2) is 72.0 Å². The first-order valence-corrected chi connectivity index (χ1v) is 12.6. The molecule has 1 saturated heterocycles. The fraction of sp³-hybridized carbons (Fsp3) is 0.250. The van der Waals surface area contributed by atoms with Crippen molar-refractivity contribution in [2.45, 2.75) is 31.9 Å². The third-order valence-electron chi connectivity index (χ3n) is 7.34. The quantitative estimate of drug-likeness (QED) is 0.362. The first kappa shape index (κ1) is 24.7. The van der Waals surface area contributed by atoms with Crippen LogP contribution < -0.4 is 5.56 Å². The first-order chi connectivity index (χ1) is 18.8. The van der Waals surface area contributed by atoms with Crippen molar-refractivity contribution in [3.8, 4) is 16.8 Å². The summed E-state index contributed by atoms with van der Waals surface area (Å²) in [6.07, 6.45) is 5.29. The van der Waals surface area contributed by atoms with Crippen molar-refractivity contribution < 1.29 is 14.3 Å². The van der Waals surface area contributed by atoms with E-state index in [0.29, 0.717) is 42.5 Å². The lowest BCUT2D eigenvalue weighted by Gasteiger charge is -2.38. The van der Waals surface area contributed by atoms with Gasteiger partial charge in [-0.2, -0.15) is 10.2 Å². The van der Waals surface area contributed by atoms with Crippen LogP contribution >= 0.6 is 0 Å². The molecular weight excluding hydrogens is 501 g/mol. The maximum Gasteiger partial charge on any atom is 0.264 e. The summed E-state index contributed by atoms with van der Waals surface area (Å²) in [5.74, 6) is -0.614. The van der Waals surface area contributed by atoms with Gasteiger partial charge in [0.15, 0.2) is 5.65 Å². The Balaban J connectivity index is 1.18. The number of benzene rings is 2. The molecule has 198 valence electrons. The molecule has 11 heteroatoms. The minimum absolute atomic E-state index is 0.0529. The molecule has 0 spiro atoms. The van der Waals surface area contributed by atoms with Crippen molar-refractivity contribution in [2.75, 3.05) is 13.1 Å². The van der Waals surface area contributed by atoms with E-state index >= 15 is 0 Å². The van der Waals surface area contributed by atoms with E-state index in [0.717, 1.165) is 22.5 Å². The molecule has 0 radical (unpaired) electrons. The van der Waals surface area contributed by atoms with Gasteiger partial charge in [0, 0.05) is 29.9 Å². The highest BCUT2D eigenvalue weighted by Crippen LogP contribution is 2.26. The lowest BCUT2D eigenvalue weighted by Crippen LogP contribution is -2.49. The highest BCUT2D eigenvalue weighted by Gasteiger charge is 2.35. The van der Waals surface area contributed by atoms with Crippen LogP contribution in [0.3, 0.4) is 0 Å². The maximum absolute atomic E-state index is 13.3. The number of fused-ring (bicyclic) bond motifs is 1. The molecule has 0 saturated carbocycles. The van der Waals surface area contributed by atoms with Gasteiger partial charge in [-0.15, -0.1) is 0 Å². The zero-order valence-electron chi connectivity index (χ0n) is 21.2. The van der Waals surface area contributed by atoms with Gasteiger partial charge in [0.25, 0.3) is 11.5 Å². The average Bonchev–Trinajstić information content (AvgIpc) is 3.57. The molecule has 4 heterocycles. The van der Waals surface area contributed by atoms with Gasteiger partial charge in [0.1, 0.15) is 17.5 Å². The van der Waals surface area contributed by atoms with E-state index in [2.05, 4.69) is 20.3 Å². The molecule has 5 aromatic rings. The summed E-state index contributed by atoms with van der Waals surface area (Å²) in [6, 6.07) is 13.2. The van der Waals surface area contributed by atoms with Crippen LogP contribution in [-0.2, 0) is 6.54 Å². The number of hydrogen-bond donors (Lipinski definition) is 2. The normalized spacial score (nSPS) is 15.1. The van der Waals surface area contributed by atoms with Gasteiger partial charge in [0.05, 0.1) is 30.2 Å². The van der Waals surface area contributed by atoms with Gasteiger partial charge >= 0.3 is 0 Å². The summed E-state index contributed by atoms with van der Waals surface area (Å²) < 4.78 is 16.2. The molecule has 6 rings (SSSR count). The first-order valence-electron chi connectivity index (χ1n) is 12.6. The molecule has 2 N–H and O–H groups in total. The number of halogens is 1. The molecule has 0 unspecified atom stereocenters. The van der Waals surface area contributed by atoms with E-state index in [-0.39, 0.29) is 18.0 Å². The molecule has 1 aliphatic heterocycles. The molecule has 1 fully saturated rings. The summed E-state index contributed by atoms with van der Waals surface area (Å²) in [6.45, 7) is 2.66. The number of piperidine rings is 1. The van der Waals surface area contributed by atoms with Gasteiger partial charge < -0.3 is 10.0 Å². The minimum Gasteiger partial charge on any atom is -0.388 e. The van der Waals surface area contributed by atoms with Crippen LogP contribution in [0.4, 0.5) is 4.39 Å². The zero-order chi connectivity index (χ0) is 27.1. The number of H-pyrrole nitrogens is 1. The SMILES string of the molecule is Cc1[nH]ncc1-c1ccc(-n2ncc3c(=O)n(CC4(O)CCN(C(=O)c5ccc(F)cc5)CC4)cnc32)cc1. The molecule has 1 aliphatic rings. The van der Waals surface area contributed by atoms with Gasteiger partial charge in [0.2, 0.25) is 0 Å². The number of aryl methyl sites for hydroxylation is 1. The van der Waals surface area contributed by atoms with E-state index in [1.807, 2.05) is 31.2 Å². The van der Waals surface area contributed by atoms with Crippen LogP contribution in [0.2, 0.25) is 0 Å². The van der Waals surface area contributed by atoms with Crippen molar-refractivity contribution in [2.24, 2.45) is 0 Å². The average molecular weight is 528 g/mol. The number of hydrogen-bond acceptors (Lipinski definition) is 6. The molecule has 0 atom stereocenters. The van der Waals surface area contributed by atoms with E-state index in [1.54, 1.807) is 15.8 Å². The third-order valence-corrected chi connectivity index (χ3v) is 7.34. The third kappa shape index (κ3) is 4.61. The molecule has 2 aromatic carbocycles. The molecule has 39 heavy (non-hydrogen) atoms. The van der Waals surface area contributed by atoms with Crippen LogP contribution in [0, 0.1) is 12.7 Å². The molecule has 3 aromatic heterocycles. The maximum atomic E-state index is 13.3. The number of nitrogens with one attached hydrogen (secondary N) is 1. The van der Waals surface area contributed by atoms with E-state index in [4.69, 9.17) is 0 Å². The smallest absolute Gasteiger partial charge is 0.264 e. The van der Waals surface area contributed by atoms with Crippen LogP contribution in [0.1, 0.15) is 28.9 Å². The Morgan fingerprint density at radius 3 is 2.46 bits per heavy atom. The number of carbonyl (C=O) groups is 1. The van der Waals surface area contributed by atoms with Crippen LogP contribution in [-0.4, -0.2) is 64.1 Å². The lowest BCUT2D eigenvalue weighted by molar-refractivity contribution is -0.0299. The molecule has 0 aliphatic carbocycles. The molecular formula is C28H26FN7O3. The van der Waals surface area contributed by atoms with Crippen molar-refractivity contribution >= 4 is 16.9 Å². The Bertz CT molecular complexity index is 1710. The zero-order valence-corrected chi connectivity index (χ0v) is 21.2. The number of aromatic amines is 1. The number of amides is 1. The van der Waals surface area contributed by atoms with Crippen LogP contribution in [0.5, 0.6) is 0 Å². The lowest BCUT2D eigenvalue weighted by atomic mass is 9.91. The van der Waals surface area contributed by atoms with E-state index < -0.39 is 11.4 Å². The number of carbonyl (C=O) groups excluding carboxylic acids is 1. The number of rotatable bonds is 5. The molecule has 0 bridgehead atoms. The molecule has 1 amide bonds. The highest BCUT2D eigenvalue weighted by atomic mass is 19.1. The number of aromatic nitrogens is 6. The number of aliphatic hydroxyl groups is 1. The largest absolute Gasteiger partial charge is 0.388 e. The number of likely N-dealkylation sites (tertiary alicyclic amines) is 1. The second-order valence-electron chi connectivity index (χ2n) is 9.95. The van der Waals surface area contributed by atoms with Gasteiger partial charge in [-0.3, -0.25) is 19.3 Å². The summed E-state index contributed by atoms with van der Waals surface area (Å²) in [5.41, 5.74) is 3.11. The monoisotopic (exact) mass is 527 g/mol. The van der Waals surface area contributed by atoms with Crippen molar-refractivity contribution in [3.63, 3.8) is 0 Å².